The Morgan fingerprint density at radius 1 is 1.06 bits per heavy atom. The van der Waals surface area contributed by atoms with Crippen LogP contribution in [0.25, 0.3) is 0 Å². The molecular formula is C26H28N2O3. The molecule has 0 saturated heterocycles. The van der Waals surface area contributed by atoms with E-state index in [1.54, 1.807) is 13.2 Å². The van der Waals surface area contributed by atoms with E-state index in [2.05, 4.69) is 36.5 Å². The summed E-state index contributed by atoms with van der Waals surface area (Å²) in [4.78, 5) is 5.03. The molecule has 3 aromatic carbocycles. The summed E-state index contributed by atoms with van der Waals surface area (Å²) in [5.41, 5.74) is 5.07. The Bertz CT molecular complexity index is 1080. The van der Waals surface area contributed by atoms with Gasteiger partial charge in [-0.2, -0.15) is 0 Å². The van der Waals surface area contributed by atoms with Crippen molar-refractivity contribution < 1.29 is 14.6 Å². The molecule has 5 nitrogen and oxygen atoms in total. The summed E-state index contributed by atoms with van der Waals surface area (Å²) >= 11 is 0. The molecule has 1 aliphatic heterocycles. The fourth-order valence-corrected chi connectivity index (χ4v) is 3.90. The summed E-state index contributed by atoms with van der Waals surface area (Å²) in [6.45, 7) is 4.48. The quantitative estimate of drug-likeness (QED) is 0.570. The van der Waals surface area contributed by atoms with Gasteiger partial charge in [-0.1, -0.05) is 54.1 Å². The number of aliphatic imine (C=N–C) groups is 1. The molecule has 31 heavy (non-hydrogen) atoms. The van der Waals surface area contributed by atoms with Crippen LogP contribution in [-0.2, 0) is 0 Å². The Morgan fingerprint density at radius 2 is 1.84 bits per heavy atom. The molecule has 0 aromatic heterocycles. The summed E-state index contributed by atoms with van der Waals surface area (Å²) in [6.07, 6.45) is 0.411. The molecule has 2 unspecified atom stereocenters. The second kappa shape index (κ2) is 9.23. The minimum atomic E-state index is -0.226. The van der Waals surface area contributed by atoms with E-state index < -0.39 is 0 Å². The Morgan fingerprint density at radius 3 is 2.58 bits per heavy atom. The number of phenols is 1. The fourth-order valence-electron chi connectivity index (χ4n) is 3.90. The number of phenolic OH excluding ortho intramolecular Hbond substituents is 1. The molecule has 4 rings (SSSR count). The van der Waals surface area contributed by atoms with E-state index in [0.29, 0.717) is 18.8 Å². The van der Waals surface area contributed by atoms with Gasteiger partial charge in [0.1, 0.15) is 11.9 Å². The number of para-hydroxylation sites is 1. The third kappa shape index (κ3) is 4.57. The average molecular weight is 417 g/mol. The Balaban J connectivity index is 1.75. The van der Waals surface area contributed by atoms with Gasteiger partial charge < -0.3 is 14.6 Å². The lowest BCUT2D eigenvalue weighted by atomic mass is 9.93. The minimum Gasteiger partial charge on any atom is -0.504 e. The molecular weight excluding hydrogens is 388 g/mol. The van der Waals surface area contributed by atoms with E-state index in [1.807, 2.05) is 43.3 Å². The van der Waals surface area contributed by atoms with Crippen molar-refractivity contribution in [1.82, 2.24) is 5.32 Å². The van der Waals surface area contributed by atoms with Crippen molar-refractivity contribution >= 4 is 5.71 Å². The van der Waals surface area contributed by atoms with Gasteiger partial charge in [0.05, 0.1) is 13.7 Å². The molecule has 5 heteroatoms. The maximum absolute atomic E-state index is 10.9. The zero-order valence-electron chi connectivity index (χ0n) is 18.1. The monoisotopic (exact) mass is 416 g/mol. The first-order valence-corrected chi connectivity index (χ1v) is 10.6. The third-order valence-electron chi connectivity index (χ3n) is 5.54. The van der Waals surface area contributed by atoms with Crippen LogP contribution in [0.5, 0.6) is 17.2 Å². The van der Waals surface area contributed by atoms with Gasteiger partial charge in [-0.25, -0.2) is 0 Å². The predicted molar refractivity (Wildman–Crippen MR) is 123 cm³/mol. The smallest absolute Gasteiger partial charge is 0.162 e. The van der Waals surface area contributed by atoms with Gasteiger partial charge in [0.2, 0.25) is 0 Å². The van der Waals surface area contributed by atoms with Crippen molar-refractivity contribution in [2.75, 3.05) is 13.7 Å². The standard InChI is InChI=1S/C26H28N2O3/c1-4-31-24-10-6-9-21(25(24)29)23-16-22(19-7-5-8-20(15-19)30-3)27-26(28-23)18-13-11-17(2)12-14-18/h5-15,23,26,28-29H,4,16H2,1-3H3. The van der Waals surface area contributed by atoms with Crippen LogP contribution >= 0.6 is 0 Å². The highest BCUT2D eigenvalue weighted by Gasteiger charge is 2.28. The molecule has 1 heterocycles. The van der Waals surface area contributed by atoms with Crippen LogP contribution in [0.2, 0.25) is 0 Å². The lowest BCUT2D eigenvalue weighted by molar-refractivity contribution is 0.313. The summed E-state index contributed by atoms with van der Waals surface area (Å²) in [7, 11) is 1.67. The van der Waals surface area contributed by atoms with Crippen LogP contribution in [0.1, 0.15) is 47.8 Å². The zero-order valence-corrected chi connectivity index (χ0v) is 18.1. The first-order chi connectivity index (χ1) is 15.1. The van der Waals surface area contributed by atoms with E-state index >= 15 is 0 Å². The first-order valence-electron chi connectivity index (χ1n) is 10.6. The largest absolute Gasteiger partial charge is 0.504 e. The highest BCUT2D eigenvalue weighted by atomic mass is 16.5. The lowest BCUT2D eigenvalue weighted by Gasteiger charge is -2.31. The topological polar surface area (TPSA) is 63.1 Å². The molecule has 0 spiro atoms. The molecule has 0 fully saturated rings. The lowest BCUT2D eigenvalue weighted by Crippen LogP contribution is -2.33. The number of aryl methyl sites for hydroxylation is 1. The van der Waals surface area contributed by atoms with Crippen molar-refractivity contribution in [3.63, 3.8) is 0 Å². The number of hydrogen-bond donors (Lipinski definition) is 2. The molecule has 0 radical (unpaired) electrons. The highest BCUT2D eigenvalue weighted by Crippen LogP contribution is 2.39. The third-order valence-corrected chi connectivity index (χ3v) is 5.54. The molecule has 0 saturated carbocycles. The van der Waals surface area contributed by atoms with Crippen molar-refractivity contribution in [1.29, 1.82) is 0 Å². The number of methoxy groups -OCH3 is 1. The first kappa shape index (κ1) is 20.9. The molecule has 0 bridgehead atoms. The van der Waals surface area contributed by atoms with Crippen molar-refractivity contribution in [2.45, 2.75) is 32.5 Å². The number of nitrogens with one attached hydrogen (secondary N) is 1. The van der Waals surface area contributed by atoms with Crippen molar-refractivity contribution in [3.05, 3.63) is 89.0 Å². The van der Waals surface area contributed by atoms with E-state index in [1.165, 1.54) is 5.56 Å². The SMILES string of the molecule is CCOc1cccc(C2CC(c3cccc(OC)c3)=NC(c3ccc(C)cc3)N2)c1O. The van der Waals surface area contributed by atoms with Gasteiger partial charge in [-0.15, -0.1) is 0 Å². The Kier molecular flexibility index (Phi) is 6.23. The van der Waals surface area contributed by atoms with Crippen LogP contribution in [0.3, 0.4) is 0 Å². The van der Waals surface area contributed by atoms with E-state index in [0.717, 1.165) is 28.2 Å². The molecule has 3 aromatic rings. The minimum absolute atomic E-state index is 0.120. The number of benzene rings is 3. The van der Waals surface area contributed by atoms with E-state index in [9.17, 15) is 5.11 Å². The van der Waals surface area contributed by atoms with Crippen LogP contribution in [0, 0.1) is 6.92 Å². The maximum Gasteiger partial charge on any atom is 0.162 e. The summed E-state index contributed by atoms with van der Waals surface area (Å²) < 4.78 is 11.0. The molecule has 0 aliphatic carbocycles. The maximum atomic E-state index is 10.9. The number of hydrogen-bond acceptors (Lipinski definition) is 5. The van der Waals surface area contributed by atoms with Crippen LogP contribution in [0.15, 0.2) is 71.7 Å². The van der Waals surface area contributed by atoms with Gasteiger partial charge in [0, 0.05) is 23.7 Å². The molecule has 160 valence electrons. The van der Waals surface area contributed by atoms with Gasteiger partial charge in [-0.3, -0.25) is 10.3 Å². The second-order valence-electron chi connectivity index (χ2n) is 7.67. The molecule has 1 aliphatic rings. The Labute approximate surface area is 183 Å². The summed E-state index contributed by atoms with van der Waals surface area (Å²) in [6, 6.07) is 21.9. The number of aromatic hydroxyl groups is 1. The number of ether oxygens (including phenoxy) is 2. The van der Waals surface area contributed by atoms with Crippen molar-refractivity contribution in [2.24, 2.45) is 4.99 Å². The fraction of sp³-hybridized carbons (Fsp3) is 0.269. The molecule has 0 amide bonds. The highest BCUT2D eigenvalue weighted by molar-refractivity contribution is 6.02. The van der Waals surface area contributed by atoms with Gasteiger partial charge >= 0.3 is 0 Å². The average Bonchev–Trinajstić information content (AvgIpc) is 2.81. The van der Waals surface area contributed by atoms with Crippen LogP contribution in [0.4, 0.5) is 0 Å². The van der Waals surface area contributed by atoms with Gasteiger partial charge in [-0.05, 0) is 43.2 Å². The molecule has 2 N–H and O–H groups in total. The van der Waals surface area contributed by atoms with Crippen LogP contribution in [-0.4, -0.2) is 24.5 Å². The van der Waals surface area contributed by atoms with E-state index in [-0.39, 0.29) is 18.0 Å². The number of rotatable bonds is 6. The summed E-state index contributed by atoms with van der Waals surface area (Å²) in [5, 5.41) is 14.5. The van der Waals surface area contributed by atoms with Crippen molar-refractivity contribution in [3.8, 4) is 17.2 Å². The normalized spacial score (nSPS) is 18.4. The summed E-state index contributed by atoms with van der Waals surface area (Å²) in [5.74, 6) is 1.47. The van der Waals surface area contributed by atoms with E-state index in [4.69, 9.17) is 14.5 Å². The van der Waals surface area contributed by atoms with Crippen LogP contribution < -0.4 is 14.8 Å². The molecule has 2 atom stereocenters. The van der Waals surface area contributed by atoms with Gasteiger partial charge in [0.25, 0.3) is 0 Å². The number of nitrogens with zero attached hydrogens (tertiary/aromatic N) is 1. The zero-order chi connectivity index (χ0) is 21.8. The van der Waals surface area contributed by atoms with Gasteiger partial charge in [0.15, 0.2) is 11.5 Å². The predicted octanol–water partition coefficient (Wildman–Crippen LogP) is 5.33. The second-order valence-corrected chi connectivity index (χ2v) is 7.67. The Hall–Kier alpha value is -3.31.